The molecule has 1 N–H and O–H groups in total. The highest BCUT2D eigenvalue weighted by molar-refractivity contribution is 7.89. The van der Waals surface area contributed by atoms with Gasteiger partial charge in [0.2, 0.25) is 10.0 Å². The minimum Gasteiger partial charge on any atom is -0.381 e. The van der Waals surface area contributed by atoms with Gasteiger partial charge in [-0.3, -0.25) is 4.68 Å². The molecule has 7 heteroatoms. The van der Waals surface area contributed by atoms with E-state index in [1.807, 2.05) is 37.5 Å². The third-order valence-corrected chi connectivity index (χ3v) is 4.81. The first-order valence-corrected chi connectivity index (χ1v) is 8.63. The Balaban J connectivity index is 2.05. The van der Waals surface area contributed by atoms with E-state index in [-0.39, 0.29) is 18.4 Å². The van der Waals surface area contributed by atoms with Crippen LogP contribution in [0, 0.1) is 0 Å². The van der Waals surface area contributed by atoms with Crippen LogP contribution in [0.15, 0.2) is 36.7 Å². The van der Waals surface area contributed by atoms with Gasteiger partial charge in [0.05, 0.1) is 18.1 Å². The molecule has 2 rings (SSSR count). The predicted molar refractivity (Wildman–Crippen MR) is 85.7 cm³/mol. The molecule has 1 aromatic carbocycles. The van der Waals surface area contributed by atoms with E-state index < -0.39 is 10.0 Å². The van der Waals surface area contributed by atoms with Gasteiger partial charge in [0.25, 0.3) is 0 Å². The standard InChI is InChI=1S/C15H21N3O3S/c1-12(21-3)11-22(19,20)17-8-13-5-4-6-14(7-13)15-9-16-18(2)10-15/h4-7,9-10,12,17H,8,11H2,1-3H3/t12-/m0/s1. The molecule has 6 nitrogen and oxygen atoms in total. The first-order valence-electron chi connectivity index (χ1n) is 6.98. The Labute approximate surface area is 131 Å². The molecule has 0 amide bonds. The fourth-order valence-corrected chi connectivity index (χ4v) is 3.32. The zero-order valence-corrected chi connectivity index (χ0v) is 13.8. The van der Waals surface area contributed by atoms with E-state index in [0.29, 0.717) is 0 Å². The Morgan fingerprint density at radius 1 is 1.36 bits per heavy atom. The fourth-order valence-electron chi connectivity index (χ4n) is 2.06. The van der Waals surface area contributed by atoms with Gasteiger partial charge in [0, 0.05) is 32.5 Å². The van der Waals surface area contributed by atoms with Crippen molar-refractivity contribution in [2.75, 3.05) is 12.9 Å². The van der Waals surface area contributed by atoms with E-state index >= 15 is 0 Å². The van der Waals surface area contributed by atoms with Gasteiger partial charge < -0.3 is 4.74 Å². The van der Waals surface area contributed by atoms with Gasteiger partial charge in [-0.1, -0.05) is 18.2 Å². The molecule has 1 atom stereocenters. The Kier molecular flexibility index (Phi) is 5.33. The maximum Gasteiger partial charge on any atom is 0.214 e. The van der Waals surface area contributed by atoms with Gasteiger partial charge in [0.15, 0.2) is 0 Å². The van der Waals surface area contributed by atoms with Crippen molar-refractivity contribution in [3.05, 3.63) is 42.2 Å². The molecule has 0 saturated carbocycles. The summed E-state index contributed by atoms with van der Waals surface area (Å²) in [6, 6.07) is 7.73. The molecule has 2 aromatic rings. The molecular formula is C15H21N3O3S. The Morgan fingerprint density at radius 3 is 2.77 bits per heavy atom. The van der Waals surface area contributed by atoms with Crippen molar-refractivity contribution in [2.24, 2.45) is 7.05 Å². The summed E-state index contributed by atoms with van der Waals surface area (Å²) in [7, 11) is 0.00120. The maximum absolute atomic E-state index is 11.9. The molecule has 0 saturated heterocycles. The van der Waals surface area contributed by atoms with Crippen molar-refractivity contribution in [1.82, 2.24) is 14.5 Å². The predicted octanol–water partition coefficient (Wildman–Crippen LogP) is 1.54. The highest BCUT2D eigenvalue weighted by atomic mass is 32.2. The number of aromatic nitrogens is 2. The van der Waals surface area contributed by atoms with Crippen LogP contribution in [-0.2, 0) is 28.4 Å². The van der Waals surface area contributed by atoms with Crippen molar-refractivity contribution in [2.45, 2.75) is 19.6 Å². The highest BCUT2D eigenvalue weighted by Gasteiger charge is 2.15. The molecule has 0 aliphatic rings. The van der Waals surface area contributed by atoms with E-state index in [1.165, 1.54) is 7.11 Å². The summed E-state index contributed by atoms with van der Waals surface area (Å²) >= 11 is 0. The first kappa shape index (κ1) is 16.7. The lowest BCUT2D eigenvalue weighted by Crippen LogP contribution is -2.31. The molecule has 0 aliphatic carbocycles. The zero-order valence-electron chi connectivity index (χ0n) is 13.0. The summed E-state index contributed by atoms with van der Waals surface area (Å²) in [6.07, 6.45) is 3.37. The van der Waals surface area contributed by atoms with Crippen molar-refractivity contribution in [3.8, 4) is 11.1 Å². The van der Waals surface area contributed by atoms with Crippen LogP contribution in [0.5, 0.6) is 0 Å². The molecule has 0 unspecified atom stereocenters. The van der Waals surface area contributed by atoms with Crippen LogP contribution in [0.25, 0.3) is 11.1 Å². The van der Waals surface area contributed by atoms with E-state index in [9.17, 15) is 8.42 Å². The average molecular weight is 323 g/mol. The van der Waals surface area contributed by atoms with E-state index in [4.69, 9.17) is 4.74 Å². The van der Waals surface area contributed by atoms with Gasteiger partial charge in [0.1, 0.15) is 0 Å². The number of sulfonamides is 1. The minimum atomic E-state index is -3.36. The van der Waals surface area contributed by atoms with Crippen LogP contribution < -0.4 is 4.72 Å². The van der Waals surface area contributed by atoms with Gasteiger partial charge in [-0.15, -0.1) is 0 Å². The summed E-state index contributed by atoms with van der Waals surface area (Å²) in [6.45, 7) is 1.98. The Bertz CT molecular complexity index is 725. The summed E-state index contributed by atoms with van der Waals surface area (Å²) < 4.78 is 33.2. The largest absolute Gasteiger partial charge is 0.381 e. The number of aryl methyl sites for hydroxylation is 1. The SMILES string of the molecule is CO[C@@H](C)CS(=O)(=O)NCc1cccc(-c2cnn(C)c2)c1. The van der Waals surface area contributed by atoms with Gasteiger partial charge in [-0.25, -0.2) is 13.1 Å². The number of nitrogens with one attached hydrogen (secondary N) is 1. The third-order valence-electron chi connectivity index (χ3n) is 3.32. The van der Waals surface area contributed by atoms with Crippen LogP contribution >= 0.6 is 0 Å². The molecule has 0 radical (unpaired) electrons. The number of ether oxygens (including phenoxy) is 1. The summed E-state index contributed by atoms with van der Waals surface area (Å²) in [4.78, 5) is 0. The average Bonchev–Trinajstić information content (AvgIpc) is 2.92. The Morgan fingerprint density at radius 2 is 2.14 bits per heavy atom. The second-order valence-electron chi connectivity index (χ2n) is 5.25. The molecule has 1 aromatic heterocycles. The normalized spacial score (nSPS) is 13.2. The smallest absolute Gasteiger partial charge is 0.214 e. The van der Waals surface area contributed by atoms with Gasteiger partial charge in [-0.2, -0.15) is 5.10 Å². The van der Waals surface area contributed by atoms with Crippen molar-refractivity contribution in [3.63, 3.8) is 0 Å². The molecule has 0 bridgehead atoms. The van der Waals surface area contributed by atoms with E-state index in [0.717, 1.165) is 16.7 Å². The van der Waals surface area contributed by atoms with Crippen LogP contribution in [0.3, 0.4) is 0 Å². The lowest BCUT2D eigenvalue weighted by atomic mass is 10.1. The second kappa shape index (κ2) is 7.04. The number of hydrogen-bond acceptors (Lipinski definition) is 4. The number of nitrogens with zero attached hydrogens (tertiary/aromatic N) is 2. The van der Waals surface area contributed by atoms with Crippen LogP contribution in [0.1, 0.15) is 12.5 Å². The molecule has 0 spiro atoms. The summed E-state index contributed by atoms with van der Waals surface area (Å²) in [5.74, 6) is -0.0498. The second-order valence-corrected chi connectivity index (χ2v) is 7.10. The van der Waals surface area contributed by atoms with Crippen LogP contribution in [-0.4, -0.2) is 37.2 Å². The van der Waals surface area contributed by atoms with Crippen molar-refractivity contribution in [1.29, 1.82) is 0 Å². The lowest BCUT2D eigenvalue weighted by molar-refractivity contribution is 0.136. The van der Waals surface area contributed by atoms with E-state index in [1.54, 1.807) is 17.8 Å². The van der Waals surface area contributed by atoms with Crippen LogP contribution in [0.4, 0.5) is 0 Å². The topological polar surface area (TPSA) is 73.2 Å². The number of hydrogen-bond donors (Lipinski definition) is 1. The zero-order chi connectivity index (χ0) is 16.2. The molecule has 1 heterocycles. The summed E-state index contributed by atoms with van der Waals surface area (Å²) in [5, 5.41) is 4.14. The van der Waals surface area contributed by atoms with Gasteiger partial charge >= 0.3 is 0 Å². The van der Waals surface area contributed by atoms with Gasteiger partial charge in [-0.05, 0) is 24.1 Å². The third kappa shape index (κ3) is 4.66. The molecule has 22 heavy (non-hydrogen) atoms. The fraction of sp³-hybridized carbons (Fsp3) is 0.400. The molecule has 0 fully saturated rings. The maximum atomic E-state index is 11.9. The van der Waals surface area contributed by atoms with Crippen LogP contribution in [0.2, 0.25) is 0 Å². The molecular weight excluding hydrogens is 302 g/mol. The monoisotopic (exact) mass is 323 g/mol. The highest BCUT2D eigenvalue weighted by Crippen LogP contribution is 2.19. The molecule has 0 aliphatic heterocycles. The number of rotatable bonds is 7. The first-order chi connectivity index (χ1) is 10.4. The Hall–Kier alpha value is -1.70. The minimum absolute atomic E-state index is 0.0498. The molecule has 120 valence electrons. The van der Waals surface area contributed by atoms with Crippen molar-refractivity contribution >= 4 is 10.0 Å². The quantitative estimate of drug-likeness (QED) is 0.839. The van der Waals surface area contributed by atoms with E-state index in [2.05, 4.69) is 9.82 Å². The lowest BCUT2D eigenvalue weighted by Gasteiger charge is -2.11. The summed E-state index contributed by atoms with van der Waals surface area (Å²) in [5.41, 5.74) is 2.91. The van der Waals surface area contributed by atoms with Crippen molar-refractivity contribution < 1.29 is 13.2 Å². The number of benzene rings is 1. The number of methoxy groups -OCH3 is 1.